The standard InChI is InChI=1S/C2H4NO4P/c4-2(5)3-1-7-8-6/h3H,1H2,(H,4,5). The van der Waals surface area contributed by atoms with Crippen molar-refractivity contribution in [3.05, 3.63) is 0 Å². The van der Waals surface area contributed by atoms with E-state index < -0.39 is 14.8 Å². The van der Waals surface area contributed by atoms with Crippen LogP contribution in [0.5, 0.6) is 0 Å². The summed E-state index contributed by atoms with van der Waals surface area (Å²) in [6, 6.07) is 0. The van der Waals surface area contributed by atoms with Crippen LogP contribution in [0.3, 0.4) is 0 Å². The first-order chi connectivity index (χ1) is 3.77. The number of hydrogen-bond donors (Lipinski definition) is 2. The lowest BCUT2D eigenvalue weighted by Crippen LogP contribution is -2.21. The second-order valence-corrected chi connectivity index (χ2v) is 1.24. The monoisotopic (exact) mass is 137 g/mol. The molecule has 0 fully saturated rings. The molecule has 6 heteroatoms. The lowest BCUT2D eigenvalue weighted by atomic mass is 11.1. The highest BCUT2D eigenvalue weighted by Gasteiger charge is 1.89. The minimum atomic E-state index is -1.20. The zero-order valence-corrected chi connectivity index (χ0v) is 4.72. The summed E-state index contributed by atoms with van der Waals surface area (Å²) in [6.07, 6.45) is -1.20. The Morgan fingerprint density at radius 3 is 2.88 bits per heavy atom. The third-order valence-electron chi connectivity index (χ3n) is 0.341. The van der Waals surface area contributed by atoms with E-state index in [9.17, 15) is 9.36 Å². The van der Waals surface area contributed by atoms with Crippen molar-refractivity contribution in [2.45, 2.75) is 0 Å². The maximum Gasteiger partial charge on any atom is 0.406 e. The van der Waals surface area contributed by atoms with Gasteiger partial charge in [0.05, 0.1) is 0 Å². The van der Waals surface area contributed by atoms with Gasteiger partial charge in [-0.3, -0.25) is 9.84 Å². The zero-order valence-electron chi connectivity index (χ0n) is 3.83. The molecule has 46 valence electrons. The first-order valence-corrected chi connectivity index (χ1v) is 2.42. The number of carbonyl (C=O) groups is 1. The van der Waals surface area contributed by atoms with Gasteiger partial charge in [0.2, 0.25) is 0 Å². The van der Waals surface area contributed by atoms with Gasteiger partial charge in [-0.2, -0.15) is 0 Å². The lowest BCUT2D eigenvalue weighted by Gasteiger charge is -1.91. The van der Waals surface area contributed by atoms with Gasteiger partial charge in [-0.05, 0) is 0 Å². The van der Waals surface area contributed by atoms with Crippen LogP contribution in [0, 0.1) is 0 Å². The summed E-state index contributed by atoms with van der Waals surface area (Å²) >= 11 is 0. The quantitative estimate of drug-likeness (QED) is 0.336. The van der Waals surface area contributed by atoms with Gasteiger partial charge in [0.25, 0.3) is 0 Å². The Kier molecular flexibility index (Phi) is 4.11. The van der Waals surface area contributed by atoms with Crippen LogP contribution in [0.4, 0.5) is 4.79 Å². The van der Waals surface area contributed by atoms with Crippen LogP contribution in [-0.2, 0) is 9.09 Å². The Bertz CT molecular complexity index is 94.0. The molecule has 0 aromatic rings. The summed E-state index contributed by atoms with van der Waals surface area (Å²) in [6.45, 7) is -0.250. The summed E-state index contributed by atoms with van der Waals surface area (Å²) in [7, 11) is -0.525. The van der Waals surface area contributed by atoms with Crippen molar-refractivity contribution < 1.29 is 19.0 Å². The average molecular weight is 137 g/mol. The van der Waals surface area contributed by atoms with Gasteiger partial charge in [0, 0.05) is 0 Å². The highest BCUT2D eigenvalue weighted by molar-refractivity contribution is 7.17. The average Bonchev–Trinajstić information content (AvgIpc) is 1.66. The smallest absolute Gasteiger partial charge is 0.406 e. The van der Waals surface area contributed by atoms with E-state index >= 15 is 0 Å². The van der Waals surface area contributed by atoms with Crippen molar-refractivity contribution in [1.82, 2.24) is 5.32 Å². The van der Waals surface area contributed by atoms with Crippen molar-refractivity contribution in [1.29, 1.82) is 0 Å². The number of rotatable bonds is 3. The summed E-state index contributed by atoms with van der Waals surface area (Å²) < 4.78 is 13.5. The molecule has 2 N–H and O–H groups in total. The van der Waals surface area contributed by atoms with Crippen LogP contribution in [0.15, 0.2) is 0 Å². The SMILES string of the molecule is O=POCNC(=O)O. The van der Waals surface area contributed by atoms with Gasteiger partial charge in [-0.15, -0.1) is 0 Å². The Morgan fingerprint density at radius 1 is 1.88 bits per heavy atom. The van der Waals surface area contributed by atoms with E-state index in [1.807, 2.05) is 5.32 Å². The summed E-state index contributed by atoms with van der Waals surface area (Å²) in [5.41, 5.74) is 0. The van der Waals surface area contributed by atoms with E-state index in [2.05, 4.69) is 4.52 Å². The highest BCUT2D eigenvalue weighted by Crippen LogP contribution is 1.88. The molecule has 0 aromatic heterocycles. The molecule has 0 bridgehead atoms. The maximum absolute atomic E-state index is 9.58. The Labute approximate surface area is 46.9 Å². The molecular formula is C2H4NO4P. The molecule has 0 aliphatic carbocycles. The molecule has 0 aliphatic heterocycles. The van der Waals surface area contributed by atoms with Crippen molar-refractivity contribution in [3.63, 3.8) is 0 Å². The predicted molar refractivity (Wildman–Crippen MR) is 24.7 cm³/mol. The van der Waals surface area contributed by atoms with Crippen LogP contribution in [0.2, 0.25) is 0 Å². The van der Waals surface area contributed by atoms with Gasteiger partial charge in [-0.1, -0.05) is 0 Å². The highest BCUT2D eigenvalue weighted by atomic mass is 31.1. The molecule has 0 saturated carbocycles. The fourth-order valence-electron chi connectivity index (χ4n) is 0.120. The van der Waals surface area contributed by atoms with Gasteiger partial charge >= 0.3 is 14.8 Å². The van der Waals surface area contributed by atoms with Crippen LogP contribution >= 0.6 is 8.69 Å². The Hall–Kier alpha value is -0.670. The van der Waals surface area contributed by atoms with Crippen molar-refractivity contribution in [3.8, 4) is 0 Å². The molecule has 0 spiro atoms. The van der Waals surface area contributed by atoms with Crippen LogP contribution in [-0.4, -0.2) is 17.9 Å². The molecule has 8 heavy (non-hydrogen) atoms. The van der Waals surface area contributed by atoms with Crippen LogP contribution < -0.4 is 5.32 Å². The molecule has 0 rings (SSSR count). The first-order valence-electron chi connectivity index (χ1n) is 1.69. The molecule has 1 amide bonds. The number of amides is 1. The zero-order chi connectivity index (χ0) is 6.41. The van der Waals surface area contributed by atoms with Gasteiger partial charge in [-0.25, -0.2) is 9.36 Å². The molecule has 5 nitrogen and oxygen atoms in total. The number of nitrogens with one attached hydrogen (secondary N) is 1. The van der Waals surface area contributed by atoms with E-state index in [-0.39, 0.29) is 6.73 Å². The molecule has 0 heterocycles. The van der Waals surface area contributed by atoms with Crippen molar-refractivity contribution in [2.75, 3.05) is 6.73 Å². The maximum atomic E-state index is 9.58. The van der Waals surface area contributed by atoms with Crippen LogP contribution in [0.1, 0.15) is 0 Å². The van der Waals surface area contributed by atoms with E-state index in [1.54, 1.807) is 0 Å². The molecule has 0 unspecified atom stereocenters. The number of carboxylic acid groups (broad SMARTS) is 1. The largest absolute Gasteiger partial charge is 0.465 e. The van der Waals surface area contributed by atoms with E-state index in [0.29, 0.717) is 0 Å². The van der Waals surface area contributed by atoms with Crippen molar-refractivity contribution >= 4 is 14.8 Å². The molecule has 0 saturated heterocycles. The Morgan fingerprint density at radius 2 is 2.50 bits per heavy atom. The normalized spacial score (nSPS) is 9.00. The van der Waals surface area contributed by atoms with E-state index in [0.717, 1.165) is 0 Å². The fraction of sp³-hybridized carbons (Fsp3) is 0.500. The van der Waals surface area contributed by atoms with E-state index in [4.69, 9.17) is 5.11 Å². The summed E-state index contributed by atoms with van der Waals surface area (Å²) in [4.78, 5) is 9.58. The van der Waals surface area contributed by atoms with Gasteiger partial charge in [0.15, 0.2) is 0 Å². The molecule has 0 aromatic carbocycles. The second-order valence-electron chi connectivity index (χ2n) is 0.830. The minimum absolute atomic E-state index is 0.250. The minimum Gasteiger partial charge on any atom is -0.465 e. The molecule has 0 atom stereocenters. The van der Waals surface area contributed by atoms with E-state index in [1.165, 1.54) is 0 Å². The first kappa shape index (κ1) is 7.33. The molecule has 0 aliphatic rings. The molecule has 0 radical (unpaired) electrons. The third kappa shape index (κ3) is 5.33. The van der Waals surface area contributed by atoms with Crippen LogP contribution in [0.25, 0.3) is 0 Å². The third-order valence-corrected chi connectivity index (χ3v) is 0.575. The summed E-state index contributed by atoms with van der Waals surface area (Å²) in [5.74, 6) is 0. The van der Waals surface area contributed by atoms with Gasteiger partial charge < -0.3 is 5.11 Å². The van der Waals surface area contributed by atoms with Gasteiger partial charge in [0.1, 0.15) is 6.73 Å². The van der Waals surface area contributed by atoms with Crippen molar-refractivity contribution in [2.24, 2.45) is 0 Å². The number of hydrogen-bond acceptors (Lipinski definition) is 3. The fourth-order valence-corrected chi connectivity index (χ4v) is 0.238. The second kappa shape index (κ2) is 4.49. The predicted octanol–water partition coefficient (Wildman–Crippen LogP) is 0.435. The summed E-state index contributed by atoms with van der Waals surface area (Å²) in [5, 5.41) is 9.68. The lowest BCUT2D eigenvalue weighted by molar-refractivity contribution is 0.183. The topological polar surface area (TPSA) is 75.6 Å². The Balaban J connectivity index is 2.93. The molecular weight excluding hydrogens is 133 g/mol.